The first-order valence-corrected chi connectivity index (χ1v) is 10.8. The number of carbonyl (C=O) groups is 1. The van der Waals surface area contributed by atoms with Crippen molar-refractivity contribution in [3.05, 3.63) is 60.3 Å². The molecule has 9 nitrogen and oxygen atoms in total. The maximum Gasteiger partial charge on any atom is 0.256 e. The lowest BCUT2D eigenvalue weighted by Crippen LogP contribution is -2.35. The van der Waals surface area contributed by atoms with Gasteiger partial charge in [0, 0.05) is 29.4 Å². The van der Waals surface area contributed by atoms with Gasteiger partial charge in [-0.2, -0.15) is 5.10 Å². The van der Waals surface area contributed by atoms with Crippen molar-refractivity contribution in [2.24, 2.45) is 5.92 Å². The highest BCUT2D eigenvalue weighted by Crippen LogP contribution is 2.41. The Morgan fingerprint density at radius 3 is 2.73 bits per heavy atom. The van der Waals surface area contributed by atoms with Crippen molar-refractivity contribution in [3.8, 4) is 11.3 Å². The van der Waals surface area contributed by atoms with Gasteiger partial charge in [0.1, 0.15) is 29.5 Å². The molecule has 3 atom stereocenters. The van der Waals surface area contributed by atoms with Gasteiger partial charge in [0.2, 0.25) is 0 Å². The number of hydrogen-bond donors (Lipinski definition) is 3. The molecule has 10 heteroatoms. The van der Waals surface area contributed by atoms with E-state index in [-0.39, 0.29) is 17.8 Å². The third kappa shape index (κ3) is 3.39. The highest BCUT2D eigenvalue weighted by molar-refractivity contribution is 6.04. The Bertz CT molecular complexity index is 1370. The molecule has 33 heavy (non-hydrogen) atoms. The molecule has 1 aliphatic carbocycles. The number of nitrogens with one attached hydrogen (secondary N) is 2. The van der Waals surface area contributed by atoms with E-state index in [1.165, 1.54) is 24.7 Å². The molecule has 6 rings (SSSR count). The van der Waals surface area contributed by atoms with Crippen molar-refractivity contribution in [1.29, 1.82) is 0 Å². The summed E-state index contributed by atoms with van der Waals surface area (Å²) in [6.07, 6.45) is 4.97. The Morgan fingerprint density at radius 2 is 2.00 bits per heavy atom. The van der Waals surface area contributed by atoms with Crippen LogP contribution in [0.3, 0.4) is 0 Å². The number of halogens is 1. The molecule has 3 aromatic heterocycles. The molecule has 4 heterocycles. The molecule has 1 aliphatic heterocycles. The quantitative estimate of drug-likeness (QED) is 0.442. The molecule has 2 bridgehead atoms. The van der Waals surface area contributed by atoms with E-state index >= 15 is 0 Å². The lowest BCUT2D eigenvalue weighted by atomic mass is 10.1. The average molecular weight is 444 g/mol. The van der Waals surface area contributed by atoms with Crippen molar-refractivity contribution in [2.45, 2.75) is 24.9 Å². The number of nitrogen functional groups attached to an aromatic ring is 1. The molecule has 0 radical (unpaired) electrons. The minimum absolute atomic E-state index is 0.151. The lowest BCUT2D eigenvalue weighted by Gasteiger charge is -2.23. The monoisotopic (exact) mass is 444 g/mol. The molecular formula is C23H21FN8O. The highest BCUT2D eigenvalue weighted by atomic mass is 19.1. The number of benzene rings is 1. The van der Waals surface area contributed by atoms with Crippen molar-refractivity contribution < 1.29 is 9.18 Å². The number of amides is 1. The number of hydrogen-bond acceptors (Lipinski definition) is 7. The summed E-state index contributed by atoms with van der Waals surface area (Å²) in [5, 5.41) is 11.8. The van der Waals surface area contributed by atoms with Gasteiger partial charge in [-0.25, -0.2) is 24.0 Å². The lowest BCUT2D eigenvalue weighted by molar-refractivity contribution is 0.102. The molecule has 2 unspecified atom stereocenters. The average Bonchev–Trinajstić information content (AvgIpc) is 3.54. The molecule has 1 saturated heterocycles. The number of carbonyl (C=O) groups excluding carboxylic acids is 1. The van der Waals surface area contributed by atoms with Gasteiger partial charge in [0.25, 0.3) is 5.91 Å². The molecule has 4 aromatic rings. The van der Waals surface area contributed by atoms with Crippen LogP contribution in [0.4, 0.5) is 16.0 Å². The topological polar surface area (TPSA) is 124 Å². The van der Waals surface area contributed by atoms with Crippen molar-refractivity contribution in [1.82, 2.24) is 30.0 Å². The molecule has 1 saturated carbocycles. The van der Waals surface area contributed by atoms with Gasteiger partial charge in [-0.3, -0.25) is 4.79 Å². The zero-order valence-corrected chi connectivity index (χ0v) is 17.6. The largest absolute Gasteiger partial charge is 0.383 e. The molecule has 1 aromatic carbocycles. The minimum Gasteiger partial charge on any atom is -0.383 e. The van der Waals surface area contributed by atoms with E-state index in [9.17, 15) is 9.18 Å². The maximum atomic E-state index is 13.4. The number of aromatic nitrogens is 5. The molecule has 2 aliphatic rings. The van der Waals surface area contributed by atoms with E-state index in [0.717, 1.165) is 30.6 Å². The first-order chi connectivity index (χ1) is 16.1. The number of pyridine rings is 1. The van der Waals surface area contributed by atoms with E-state index < -0.39 is 5.82 Å². The predicted octanol–water partition coefficient (Wildman–Crippen LogP) is 2.78. The molecule has 0 spiro atoms. The smallest absolute Gasteiger partial charge is 0.256 e. The fourth-order valence-corrected chi connectivity index (χ4v) is 4.96. The summed E-state index contributed by atoms with van der Waals surface area (Å²) < 4.78 is 15.3. The second kappa shape index (κ2) is 7.59. The summed E-state index contributed by atoms with van der Waals surface area (Å²) >= 11 is 0. The van der Waals surface area contributed by atoms with Gasteiger partial charge in [0.15, 0.2) is 5.65 Å². The third-order valence-corrected chi connectivity index (χ3v) is 6.51. The fraction of sp³-hybridized carbons (Fsp3) is 0.261. The van der Waals surface area contributed by atoms with E-state index in [4.69, 9.17) is 10.8 Å². The van der Waals surface area contributed by atoms with Gasteiger partial charge >= 0.3 is 0 Å². The number of fused-ring (bicyclic) bond motifs is 3. The minimum atomic E-state index is -0.469. The Morgan fingerprint density at radius 1 is 1.15 bits per heavy atom. The Balaban J connectivity index is 1.33. The van der Waals surface area contributed by atoms with Gasteiger partial charge < -0.3 is 16.4 Å². The normalized spacial score (nSPS) is 21.5. The predicted molar refractivity (Wildman–Crippen MR) is 121 cm³/mol. The standard InChI is InChI=1S/C23H21FN8O/c24-15-5-6-26-18(9-15)30-23(33)14-3-1-13(2-4-14)20-19-21(25)28-11-29-22(19)32(31-20)17-8-12-7-16(17)27-10-12/h1-6,9,11-12,16-17,27H,7-8,10H2,(H2,25,28,29)(H,26,30,33)/t12-,16?,17?/m1/s1. The molecular weight excluding hydrogens is 423 g/mol. The van der Waals surface area contributed by atoms with Crippen LogP contribution in [0, 0.1) is 11.7 Å². The first-order valence-electron chi connectivity index (χ1n) is 10.8. The molecule has 2 fully saturated rings. The number of anilines is 2. The summed E-state index contributed by atoms with van der Waals surface area (Å²) in [5.74, 6) is 0.330. The van der Waals surface area contributed by atoms with Gasteiger partial charge in [-0.15, -0.1) is 0 Å². The molecule has 4 N–H and O–H groups in total. The zero-order chi connectivity index (χ0) is 22.5. The van der Waals surface area contributed by atoms with Crippen LogP contribution in [0.25, 0.3) is 22.3 Å². The summed E-state index contributed by atoms with van der Waals surface area (Å²) in [5.41, 5.74) is 8.85. The second-order valence-electron chi connectivity index (χ2n) is 8.56. The first kappa shape index (κ1) is 19.7. The number of rotatable bonds is 4. The third-order valence-electron chi connectivity index (χ3n) is 6.51. The van der Waals surface area contributed by atoms with Crippen LogP contribution in [0.2, 0.25) is 0 Å². The van der Waals surface area contributed by atoms with Crippen molar-refractivity contribution in [2.75, 3.05) is 17.6 Å². The van der Waals surface area contributed by atoms with Gasteiger partial charge in [-0.1, -0.05) is 12.1 Å². The van der Waals surface area contributed by atoms with Crippen LogP contribution in [0.5, 0.6) is 0 Å². The van der Waals surface area contributed by atoms with Crippen LogP contribution in [0.1, 0.15) is 29.2 Å². The van der Waals surface area contributed by atoms with E-state index in [0.29, 0.717) is 34.4 Å². The van der Waals surface area contributed by atoms with Gasteiger partial charge in [0.05, 0.1) is 11.4 Å². The Hall–Kier alpha value is -3.92. The van der Waals surface area contributed by atoms with Crippen LogP contribution in [-0.2, 0) is 0 Å². The molecule has 1 amide bonds. The summed E-state index contributed by atoms with van der Waals surface area (Å²) in [7, 11) is 0. The zero-order valence-electron chi connectivity index (χ0n) is 17.6. The molecule has 166 valence electrons. The van der Waals surface area contributed by atoms with Gasteiger partial charge in [-0.05, 0) is 43.5 Å². The highest BCUT2D eigenvalue weighted by Gasteiger charge is 2.42. The van der Waals surface area contributed by atoms with Crippen molar-refractivity contribution >= 4 is 28.6 Å². The number of nitrogens with two attached hydrogens (primary N) is 1. The summed E-state index contributed by atoms with van der Waals surface area (Å²) in [6, 6.07) is 9.98. The van der Waals surface area contributed by atoms with Crippen molar-refractivity contribution in [3.63, 3.8) is 0 Å². The van der Waals surface area contributed by atoms with Crippen LogP contribution < -0.4 is 16.4 Å². The fourth-order valence-electron chi connectivity index (χ4n) is 4.96. The maximum absolute atomic E-state index is 13.4. The second-order valence-corrected chi connectivity index (χ2v) is 8.56. The number of piperidine rings is 1. The van der Waals surface area contributed by atoms with E-state index in [1.54, 1.807) is 12.1 Å². The van der Waals surface area contributed by atoms with Crippen LogP contribution in [-0.4, -0.2) is 43.2 Å². The van der Waals surface area contributed by atoms with Crippen LogP contribution in [0.15, 0.2) is 48.9 Å². The summed E-state index contributed by atoms with van der Waals surface area (Å²) in [6.45, 7) is 1.05. The number of nitrogens with zero attached hydrogens (tertiary/aromatic N) is 5. The Kier molecular flexibility index (Phi) is 4.54. The van der Waals surface area contributed by atoms with E-state index in [2.05, 4.69) is 25.6 Å². The van der Waals surface area contributed by atoms with E-state index in [1.807, 2.05) is 16.8 Å². The van der Waals surface area contributed by atoms with Crippen LogP contribution >= 0.6 is 0 Å². The Labute approximate surface area is 188 Å². The SMILES string of the molecule is Nc1ncnc2c1c(-c1ccc(C(=O)Nc3cc(F)ccn3)cc1)nn2C1C[C@@H]2CNC1C2. The summed E-state index contributed by atoms with van der Waals surface area (Å²) in [4.78, 5) is 25.2.